The van der Waals surface area contributed by atoms with Gasteiger partial charge in [-0.15, -0.1) is 0 Å². The van der Waals surface area contributed by atoms with Crippen LogP contribution in [0.25, 0.3) is 0 Å². The minimum absolute atomic E-state index is 0.163. The number of nitro benzene ring substituents is 1. The highest BCUT2D eigenvalue weighted by Crippen LogP contribution is 2.33. The van der Waals surface area contributed by atoms with Gasteiger partial charge in [0.15, 0.2) is 0 Å². The Kier molecular flexibility index (Phi) is 3.49. The third-order valence-corrected chi connectivity index (χ3v) is 3.88. The standard InChI is InChI=1S/C12H15BrN2O2/c13-10-4-3-9(11(7-10)15(16)17)8-12(14)5-1-2-6-12/h3-4,7H,1-2,5-6,8,14H2. The Balaban J connectivity index is 2.28. The van der Waals surface area contributed by atoms with Crippen molar-refractivity contribution in [2.24, 2.45) is 5.73 Å². The molecule has 1 aliphatic carbocycles. The molecule has 4 nitrogen and oxygen atoms in total. The number of nitrogens with two attached hydrogens (primary N) is 1. The van der Waals surface area contributed by atoms with Crippen LogP contribution in [-0.4, -0.2) is 10.5 Å². The second-order valence-electron chi connectivity index (χ2n) is 4.78. The van der Waals surface area contributed by atoms with E-state index in [1.165, 1.54) is 0 Å². The summed E-state index contributed by atoms with van der Waals surface area (Å²) < 4.78 is 0.727. The minimum Gasteiger partial charge on any atom is -0.325 e. The second kappa shape index (κ2) is 4.74. The summed E-state index contributed by atoms with van der Waals surface area (Å²) in [5.41, 5.74) is 6.91. The van der Waals surface area contributed by atoms with E-state index in [-0.39, 0.29) is 16.1 Å². The molecular weight excluding hydrogens is 284 g/mol. The van der Waals surface area contributed by atoms with Gasteiger partial charge in [-0.25, -0.2) is 0 Å². The molecule has 17 heavy (non-hydrogen) atoms. The Hall–Kier alpha value is -0.940. The molecule has 2 N–H and O–H groups in total. The number of benzene rings is 1. The average Bonchev–Trinajstić information content (AvgIpc) is 2.67. The number of hydrogen-bond donors (Lipinski definition) is 1. The fourth-order valence-electron chi connectivity index (χ4n) is 2.49. The highest BCUT2D eigenvalue weighted by Gasteiger charge is 2.31. The van der Waals surface area contributed by atoms with Gasteiger partial charge < -0.3 is 5.73 Å². The van der Waals surface area contributed by atoms with Crippen LogP contribution in [-0.2, 0) is 6.42 Å². The smallest absolute Gasteiger partial charge is 0.273 e. The van der Waals surface area contributed by atoms with Crippen molar-refractivity contribution in [3.63, 3.8) is 0 Å². The van der Waals surface area contributed by atoms with E-state index in [1.807, 2.05) is 6.07 Å². The first kappa shape index (κ1) is 12.5. The number of nitrogens with zero attached hydrogens (tertiary/aromatic N) is 1. The molecular formula is C12H15BrN2O2. The fraction of sp³-hybridized carbons (Fsp3) is 0.500. The highest BCUT2D eigenvalue weighted by molar-refractivity contribution is 9.10. The van der Waals surface area contributed by atoms with Gasteiger partial charge in [0, 0.05) is 21.6 Å². The maximum absolute atomic E-state index is 11.0. The van der Waals surface area contributed by atoms with Crippen LogP contribution >= 0.6 is 15.9 Å². The van der Waals surface area contributed by atoms with E-state index in [0.717, 1.165) is 35.7 Å². The first-order valence-corrected chi connectivity index (χ1v) is 6.51. The number of hydrogen-bond acceptors (Lipinski definition) is 3. The molecule has 0 bridgehead atoms. The van der Waals surface area contributed by atoms with E-state index in [2.05, 4.69) is 15.9 Å². The van der Waals surface area contributed by atoms with Gasteiger partial charge in [0.05, 0.1) is 4.92 Å². The van der Waals surface area contributed by atoms with Crippen LogP contribution in [0.3, 0.4) is 0 Å². The molecule has 5 heteroatoms. The first-order valence-electron chi connectivity index (χ1n) is 5.72. The van der Waals surface area contributed by atoms with Gasteiger partial charge in [-0.05, 0) is 25.3 Å². The van der Waals surface area contributed by atoms with Crippen molar-refractivity contribution in [1.82, 2.24) is 0 Å². The molecule has 92 valence electrons. The summed E-state index contributed by atoms with van der Waals surface area (Å²) in [7, 11) is 0. The average molecular weight is 299 g/mol. The van der Waals surface area contributed by atoms with Gasteiger partial charge in [-0.2, -0.15) is 0 Å². The molecule has 0 amide bonds. The topological polar surface area (TPSA) is 69.2 Å². The third kappa shape index (κ3) is 2.84. The van der Waals surface area contributed by atoms with E-state index < -0.39 is 0 Å². The monoisotopic (exact) mass is 298 g/mol. The maximum atomic E-state index is 11.0. The lowest BCUT2D eigenvalue weighted by molar-refractivity contribution is -0.385. The Labute approximate surface area is 108 Å². The van der Waals surface area contributed by atoms with Crippen molar-refractivity contribution in [2.75, 3.05) is 0 Å². The van der Waals surface area contributed by atoms with E-state index in [9.17, 15) is 10.1 Å². The molecule has 0 aliphatic heterocycles. The van der Waals surface area contributed by atoms with Crippen LogP contribution in [0, 0.1) is 10.1 Å². The number of nitro groups is 1. The van der Waals surface area contributed by atoms with Gasteiger partial charge in [0.2, 0.25) is 0 Å². The van der Waals surface area contributed by atoms with Crippen LogP contribution in [0.4, 0.5) is 5.69 Å². The fourth-order valence-corrected chi connectivity index (χ4v) is 2.84. The largest absolute Gasteiger partial charge is 0.325 e. The zero-order valence-electron chi connectivity index (χ0n) is 9.49. The summed E-state index contributed by atoms with van der Waals surface area (Å²) >= 11 is 3.26. The molecule has 0 saturated heterocycles. The molecule has 1 aliphatic rings. The quantitative estimate of drug-likeness (QED) is 0.688. The van der Waals surface area contributed by atoms with Crippen LogP contribution in [0.1, 0.15) is 31.2 Å². The summed E-state index contributed by atoms with van der Waals surface area (Å²) in [5, 5.41) is 11.0. The summed E-state index contributed by atoms with van der Waals surface area (Å²) in [5.74, 6) is 0. The highest BCUT2D eigenvalue weighted by atomic mass is 79.9. The maximum Gasteiger partial charge on any atom is 0.273 e. The predicted octanol–water partition coefficient (Wildman–Crippen LogP) is 3.17. The molecule has 1 fully saturated rings. The van der Waals surface area contributed by atoms with Crippen molar-refractivity contribution >= 4 is 21.6 Å². The number of halogens is 1. The normalized spacial score (nSPS) is 18.2. The molecule has 0 aromatic heterocycles. The molecule has 1 aromatic carbocycles. The molecule has 0 heterocycles. The minimum atomic E-state index is -0.335. The first-order chi connectivity index (χ1) is 8.00. The van der Waals surface area contributed by atoms with Gasteiger partial charge in [-0.1, -0.05) is 34.8 Å². The van der Waals surface area contributed by atoms with Crippen LogP contribution in [0.5, 0.6) is 0 Å². The lowest BCUT2D eigenvalue weighted by Crippen LogP contribution is -2.38. The molecule has 1 aromatic rings. The lowest BCUT2D eigenvalue weighted by Gasteiger charge is -2.23. The third-order valence-electron chi connectivity index (χ3n) is 3.39. The predicted molar refractivity (Wildman–Crippen MR) is 69.9 cm³/mol. The Morgan fingerprint density at radius 1 is 1.41 bits per heavy atom. The van der Waals surface area contributed by atoms with E-state index >= 15 is 0 Å². The van der Waals surface area contributed by atoms with Crippen LogP contribution in [0.2, 0.25) is 0 Å². The zero-order chi connectivity index (χ0) is 12.5. The van der Waals surface area contributed by atoms with Crippen molar-refractivity contribution in [2.45, 2.75) is 37.6 Å². The summed E-state index contributed by atoms with van der Waals surface area (Å²) in [6.07, 6.45) is 4.76. The lowest BCUT2D eigenvalue weighted by atomic mass is 9.90. The second-order valence-corrected chi connectivity index (χ2v) is 5.69. The molecule has 0 spiro atoms. The van der Waals surface area contributed by atoms with Gasteiger partial charge in [0.1, 0.15) is 0 Å². The van der Waals surface area contributed by atoms with E-state index in [4.69, 9.17) is 5.73 Å². The van der Waals surface area contributed by atoms with Crippen LogP contribution < -0.4 is 5.73 Å². The number of rotatable bonds is 3. The van der Waals surface area contributed by atoms with Crippen molar-refractivity contribution < 1.29 is 4.92 Å². The SMILES string of the molecule is NC1(Cc2ccc(Br)cc2[N+](=O)[O-])CCCC1. The molecule has 0 radical (unpaired) electrons. The zero-order valence-corrected chi connectivity index (χ0v) is 11.1. The van der Waals surface area contributed by atoms with Crippen molar-refractivity contribution in [3.8, 4) is 0 Å². The van der Waals surface area contributed by atoms with E-state index in [1.54, 1.807) is 12.1 Å². The Morgan fingerprint density at radius 2 is 2.06 bits per heavy atom. The van der Waals surface area contributed by atoms with Gasteiger partial charge in [-0.3, -0.25) is 10.1 Å². The van der Waals surface area contributed by atoms with Crippen molar-refractivity contribution in [3.05, 3.63) is 38.3 Å². The van der Waals surface area contributed by atoms with Crippen LogP contribution in [0.15, 0.2) is 22.7 Å². The Morgan fingerprint density at radius 3 is 2.65 bits per heavy atom. The van der Waals surface area contributed by atoms with Gasteiger partial charge >= 0.3 is 0 Å². The summed E-state index contributed by atoms with van der Waals surface area (Å²) in [6.45, 7) is 0. The molecule has 0 unspecified atom stereocenters. The summed E-state index contributed by atoms with van der Waals surface area (Å²) in [4.78, 5) is 10.7. The molecule has 0 atom stereocenters. The van der Waals surface area contributed by atoms with E-state index in [0.29, 0.717) is 6.42 Å². The Bertz CT molecular complexity index is 442. The molecule has 2 rings (SSSR count). The summed E-state index contributed by atoms with van der Waals surface area (Å²) in [6, 6.07) is 5.18. The van der Waals surface area contributed by atoms with Crippen molar-refractivity contribution in [1.29, 1.82) is 0 Å². The van der Waals surface area contributed by atoms with Gasteiger partial charge in [0.25, 0.3) is 5.69 Å². The molecule has 1 saturated carbocycles.